The predicted octanol–water partition coefficient (Wildman–Crippen LogP) is 2.94. The van der Waals surface area contributed by atoms with Crippen molar-refractivity contribution >= 4 is 17.4 Å². The number of hydrogen-bond acceptors (Lipinski definition) is 4. The van der Waals surface area contributed by atoms with Crippen LogP contribution in [0.5, 0.6) is 0 Å². The SMILES string of the molecule is Cc1cc(NC(=O)N2CC[C@H]3OCCC[C@H]3C2)ccc1[N+](=O)[O-]. The van der Waals surface area contributed by atoms with E-state index in [1.54, 1.807) is 19.1 Å². The van der Waals surface area contributed by atoms with Gasteiger partial charge in [-0.1, -0.05) is 0 Å². The van der Waals surface area contributed by atoms with Crippen molar-refractivity contribution in [3.05, 3.63) is 33.9 Å². The number of piperidine rings is 1. The number of amides is 2. The summed E-state index contributed by atoms with van der Waals surface area (Å²) in [6.07, 6.45) is 3.31. The van der Waals surface area contributed by atoms with Gasteiger partial charge in [0, 0.05) is 42.9 Å². The second-order valence-electron chi connectivity index (χ2n) is 6.23. The zero-order chi connectivity index (χ0) is 16.4. The average molecular weight is 319 g/mol. The molecule has 0 bridgehead atoms. The molecule has 0 aromatic heterocycles. The highest BCUT2D eigenvalue weighted by Crippen LogP contribution is 2.29. The number of nitrogens with one attached hydrogen (secondary N) is 1. The minimum atomic E-state index is -0.422. The number of anilines is 1. The minimum absolute atomic E-state index is 0.0585. The van der Waals surface area contributed by atoms with E-state index in [0.29, 0.717) is 30.3 Å². The van der Waals surface area contributed by atoms with Gasteiger partial charge in [-0.25, -0.2) is 4.79 Å². The van der Waals surface area contributed by atoms with Gasteiger partial charge in [0.05, 0.1) is 11.0 Å². The molecular weight excluding hydrogens is 298 g/mol. The summed E-state index contributed by atoms with van der Waals surface area (Å²) in [6, 6.07) is 4.47. The van der Waals surface area contributed by atoms with E-state index in [9.17, 15) is 14.9 Å². The third-order valence-electron chi connectivity index (χ3n) is 4.65. The highest BCUT2D eigenvalue weighted by Gasteiger charge is 2.33. The number of aryl methyl sites for hydroxylation is 1. The molecule has 2 aliphatic heterocycles. The Morgan fingerprint density at radius 3 is 3.00 bits per heavy atom. The summed E-state index contributed by atoms with van der Waals surface area (Å²) in [7, 11) is 0. The second kappa shape index (κ2) is 6.54. The van der Waals surface area contributed by atoms with Crippen LogP contribution in [0.15, 0.2) is 18.2 Å². The molecule has 0 unspecified atom stereocenters. The lowest BCUT2D eigenvalue weighted by Crippen LogP contribution is -2.49. The number of nitrogens with zero attached hydrogens (tertiary/aromatic N) is 2. The Labute approximate surface area is 134 Å². The van der Waals surface area contributed by atoms with Gasteiger partial charge in [0.25, 0.3) is 5.69 Å². The van der Waals surface area contributed by atoms with Crippen molar-refractivity contribution in [3.63, 3.8) is 0 Å². The molecule has 1 aromatic rings. The molecular formula is C16H21N3O4. The standard InChI is InChI=1S/C16H21N3O4/c1-11-9-13(4-5-14(11)19(21)22)17-16(20)18-7-6-15-12(10-18)3-2-8-23-15/h4-5,9,12,15H,2-3,6-8,10H2,1H3,(H,17,20)/t12-,15+/m0/s1. The van der Waals surface area contributed by atoms with E-state index in [-0.39, 0.29) is 17.8 Å². The van der Waals surface area contributed by atoms with E-state index >= 15 is 0 Å². The molecule has 7 heteroatoms. The molecule has 1 aromatic carbocycles. The van der Waals surface area contributed by atoms with Crippen molar-refractivity contribution in [1.29, 1.82) is 0 Å². The number of urea groups is 1. The monoisotopic (exact) mass is 319 g/mol. The van der Waals surface area contributed by atoms with Crippen molar-refractivity contribution in [2.24, 2.45) is 5.92 Å². The zero-order valence-electron chi connectivity index (χ0n) is 13.2. The molecule has 0 radical (unpaired) electrons. The molecule has 0 spiro atoms. The van der Waals surface area contributed by atoms with Crippen molar-refractivity contribution in [2.45, 2.75) is 32.3 Å². The summed E-state index contributed by atoms with van der Waals surface area (Å²) in [5, 5.41) is 13.7. The van der Waals surface area contributed by atoms with Gasteiger partial charge in [0.1, 0.15) is 0 Å². The maximum atomic E-state index is 12.4. The number of fused-ring (bicyclic) bond motifs is 1. The number of carbonyl (C=O) groups is 1. The molecule has 0 aliphatic carbocycles. The van der Waals surface area contributed by atoms with E-state index < -0.39 is 4.92 Å². The fourth-order valence-corrected chi connectivity index (χ4v) is 3.41. The smallest absolute Gasteiger partial charge is 0.321 e. The largest absolute Gasteiger partial charge is 0.378 e. The predicted molar refractivity (Wildman–Crippen MR) is 85.5 cm³/mol. The summed E-state index contributed by atoms with van der Waals surface area (Å²) in [5.74, 6) is 0.418. The van der Waals surface area contributed by atoms with Gasteiger partial charge >= 0.3 is 6.03 Å². The molecule has 2 aliphatic rings. The van der Waals surface area contributed by atoms with E-state index in [1.807, 2.05) is 4.90 Å². The third-order valence-corrected chi connectivity index (χ3v) is 4.65. The summed E-state index contributed by atoms with van der Waals surface area (Å²) >= 11 is 0. The number of likely N-dealkylation sites (tertiary alicyclic amines) is 1. The van der Waals surface area contributed by atoms with Crippen LogP contribution in [0, 0.1) is 23.0 Å². The molecule has 2 amide bonds. The maximum absolute atomic E-state index is 12.4. The van der Waals surface area contributed by atoms with Crippen LogP contribution in [0.3, 0.4) is 0 Å². The summed E-state index contributed by atoms with van der Waals surface area (Å²) in [5.41, 5.74) is 1.18. The molecule has 2 fully saturated rings. The van der Waals surface area contributed by atoms with Crippen molar-refractivity contribution in [1.82, 2.24) is 4.90 Å². The third kappa shape index (κ3) is 3.44. The van der Waals surface area contributed by atoms with Crippen LogP contribution in [0.2, 0.25) is 0 Å². The zero-order valence-corrected chi connectivity index (χ0v) is 13.2. The van der Waals surface area contributed by atoms with Crippen LogP contribution in [0.4, 0.5) is 16.2 Å². The van der Waals surface area contributed by atoms with Crippen LogP contribution in [-0.4, -0.2) is 41.7 Å². The fraction of sp³-hybridized carbons (Fsp3) is 0.562. The normalized spacial score (nSPS) is 24.0. The molecule has 2 heterocycles. The number of rotatable bonds is 2. The Morgan fingerprint density at radius 1 is 1.43 bits per heavy atom. The molecule has 2 saturated heterocycles. The molecule has 23 heavy (non-hydrogen) atoms. The van der Waals surface area contributed by atoms with Crippen molar-refractivity contribution in [2.75, 3.05) is 25.0 Å². The van der Waals surface area contributed by atoms with E-state index in [4.69, 9.17) is 4.74 Å². The Bertz CT molecular complexity index is 619. The number of nitro benzene ring substituents is 1. The topological polar surface area (TPSA) is 84.7 Å². The van der Waals surface area contributed by atoms with Gasteiger partial charge in [-0.15, -0.1) is 0 Å². The quantitative estimate of drug-likeness (QED) is 0.671. The maximum Gasteiger partial charge on any atom is 0.321 e. The van der Waals surface area contributed by atoms with Gasteiger partial charge in [-0.2, -0.15) is 0 Å². The highest BCUT2D eigenvalue weighted by molar-refractivity contribution is 5.89. The van der Waals surface area contributed by atoms with Crippen LogP contribution >= 0.6 is 0 Å². The fourth-order valence-electron chi connectivity index (χ4n) is 3.41. The first-order chi connectivity index (χ1) is 11.0. The summed E-state index contributed by atoms with van der Waals surface area (Å²) in [6.45, 7) is 3.88. The van der Waals surface area contributed by atoms with Crippen LogP contribution in [0.1, 0.15) is 24.8 Å². The van der Waals surface area contributed by atoms with Crippen molar-refractivity contribution < 1.29 is 14.5 Å². The van der Waals surface area contributed by atoms with Gasteiger partial charge < -0.3 is 15.0 Å². The molecule has 3 rings (SSSR count). The number of nitro groups is 1. The lowest BCUT2D eigenvalue weighted by atomic mass is 9.89. The molecule has 2 atom stereocenters. The van der Waals surface area contributed by atoms with Crippen molar-refractivity contribution in [3.8, 4) is 0 Å². The summed E-state index contributed by atoms with van der Waals surface area (Å²) in [4.78, 5) is 24.6. The number of hydrogen-bond donors (Lipinski definition) is 1. The molecule has 0 saturated carbocycles. The summed E-state index contributed by atoms with van der Waals surface area (Å²) < 4.78 is 5.76. The Balaban J connectivity index is 1.63. The molecule has 1 N–H and O–H groups in total. The number of benzene rings is 1. The number of ether oxygens (including phenoxy) is 1. The van der Waals surface area contributed by atoms with Crippen LogP contribution in [0.25, 0.3) is 0 Å². The first-order valence-corrected chi connectivity index (χ1v) is 7.97. The van der Waals surface area contributed by atoms with E-state index in [1.165, 1.54) is 6.07 Å². The van der Waals surface area contributed by atoms with Gasteiger partial charge in [0.15, 0.2) is 0 Å². The van der Waals surface area contributed by atoms with E-state index in [2.05, 4.69) is 5.32 Å². The number of carbonyl (C=O) groups excluding carboxylic acids is 1. The Hall–Kier alpha value is -2.15. The van der Waals surface area contributed by atoms with Gasteiger partial charge in [-0.05, 0) is 38.3 Å². The van der Waals surface area contributed by atoms with Crippen LogP contribution in [-0.2, 0) is 4.74 Å². The lowest BCUT2D eigenvalue weighted by Gasteiger charge is -2.40. The first-order valence-electron chi connectivity index (χ1n) is 7.97. The Kier molecular flexibility index (Phi) is 4.47. The molecule has 7 nitrogen and oxygen atoms in total. The average Bonchev–Trinajstić information content (AvgIpc) is 2.54. The van der Waals surface area contributed by atoms with E-state index in [0.717, 1.165) is 25.9 Å². The minimum Gasteiger partial charge on any atom is -0.378 e. The second-order valence-corrected chi connectivity index (χ2v) is 6.23. The lowest BCUT2D eigenvalue weighted by molar-refractivity contribution is -0.385. The first kappa shape index (κ1) is 15.7. The van der Waals surface area contributed by atoms with Gasteiger partial charge in [-0.3, -0.25) is 10.1 Å². The van der Waals surface area contributed by atoms with Gasteiger partial charge in [0.2, 0.25) is 0 Å². The van der Waals surface area contributed by atoms with Crippen LogP contribution < -0.4 is 5.32 Å². The highest BCUT2D eigenvalue weighted by atomic mass is 16.6. The Morgan fingerprint density at radius 2 is 2.26 bits per heavy atom. The molecule has 124 valence electrons.